The Labute approximate surface area is 129 Å². The maximum atomic E-state index is 12.3. The van der Waals surface area contributed by atoms with E-state index in [1.165, 1.54) is 5.56 Å². The Morgan fingerprint density at radius 2 is 1.64 bits per heavy atom. The first-order valence-electron chi connectivity index (χ1n) is 7.35. The summed E-state index contributed by atoms with van der Waals surface area (Å²) < 4.78 is 0. The molecular weight excluding hydrogens is 272 g/mol. The van der Waals surface area contributed by atoms with Crippen LogP contribution in [0.2, 0.25) is 0 Å². The van der Waals surface area contributed by atoms with Crippen LogP contribution in [0.3, 0.4) is 0 Å². The number of nitrogens with one attached hydrogen (secondary N) is 1. The molecule has 3 rings (SSSR count). The minimum Gasteiger partial charge on any atom is -0.330 e. The van der Waals surface area contributed by atoms with Crippen molar-refractivity contribution in [2.75, 3.05) is 11.9 Å². The van der Waals surface area contributed by atoms with Gasteiger partial charge in [-0.3, -0.25) is 4.79 Å². The second-order valence-electron chi connectivity index (χ2n) is 5.25. The zero-order valence-electron chi connectivity index (χ0n) is 12.3. The van der Waals surface area contributed by atoms with Gasteiger partial charge in [-0.05, 0) is 53.6 Å². The van der Waals surface area contributed by atoms with Crippen LogP contribution in [0.5, 0.6) is 0 Å². The third-order valence-electron chi connectivity index (χ3n) is 3.66. The number of carbonyl (C=O) groups is 1. The van der Waals surface area contributed by atoms with Crippen LogP contribution in [-0.2, 0) is 6.42 Å². The van der Waals surface area contributed by atoms with Crippen molar-refractivity contribution in [1.29, 1.82) is 0 Å². The monoisotopic (exact) mass is 290 g/mol. The van der Waals surface area contributed by atoms with E-state index in [1.807, 2.05) is 66.7 Å². The minimum atomic E-state index is -0.0997. The summed E-state index contributed by atoms with van der Waals surface area (Å²) in [6.45, 7) is 0.628. The number of nitrogens with two attached hydrogens (primary N) is 1. The average Bonchev–Trinajstić information content (AvgIpc) is 2.56. The van der Waals surface area contributed by atoms with Crippen molar-refractivity contribution < 1.29 is 4.79 Å². The Kier molecular flexibility index (Phi) is 4.17. The predicted octanol–water partition coefficient (Wildman–Crippen LogP) is 3.59. The van der Waals surface area contributed by atoms with Crippen LogP contribution in [0, 0.1) is 0 Å². The Morgan fingerprint density at radius 3 is 2.36 bits per heavy atom. The standard InChI is InChI=1S/C19H18N2O/c20-12-11-14-5-9-18(10-6-14)21-19(22)17-8-7-15-3-1-2-4-16(15)13-17/h1-10,13H,11-12,20H2,(H,21,22). The normalized spacial score (nSPS) is 10.6. The summed E-state index contributed by atoms with van der Waals surface area (Å²) in [5.41, 5.74) is 8.15. The molecule has 0 fully saturated rings. The van der Waals surface area contributed by atoms with Gasteiger partial charge in [0.1, 0.15) is 0 Å². The minimum absolute atomic E-state index is 0.0997. The topological polar surface area (TPSA) is 55.1 Å². The van der Waals surface area contributed by atoms with Crippen LogP contribution in [0.25, 0.3) is 10.8 Å². The van der Waals surface area contributed by atoms with Crippen LogP contribution in [0.4, 0.5) is 5.69 Å². The van der Waals surface area contributed by atoms with Crippen molar-refractivity contribution in [1.82, 2.24) is 0 Å². The molecule has 3 heteroatoms. The van der Waals surface area contributed by atoms with Gasteiger partial charge in [-0.15, -0.1) is 0 Å². The third-order valence-corrected chi connectivity index (χ3v) is 3.66. The molecule has 0 saturated carbocycles. The van der Waals surface area contributed by atoms with Gasteiger partial charge in [0, 0.05) is 11.3 Å². The lowest BCUT2D eigenvalue weighted by Crippen LogP contribution is -2.11. The lowest BCUT2D eigenvalue weighted by atomic mass is 10.1. The molecule has 0 spiro atoms. The van der Waals surface area contributed by atoms with Crippen LogP contribution in [0.15, 0.2) is 66.7 Å². The molecule has 0 bridgehead atoms. The first-order chi connectivity index (χ1) is 10.8. The van der Waals surface area contributed by atoms with Crippen molar-refractivity contribution in [2.24, 2.45) is 5.73 Å². The van der Waals surface area contributed by atoms with E-state index in [1.54, 1.807) is 0 Å². The number of hydrogen-bond donors (Lipinski definition) is 2. The molecule has 0 aromatic heterocycles. The molecule has 3 nitrogen and oxygen atoms in total. The fourth-order valence-corrected chi connectivity index (χ4v) is 2.46. The highest BCUT2D eigenvalue weighted by Crippen LogP contribution is 2.17. The zero-order valence-corrected chi connectivity index (χ0v) is 12.3. The van der Waals surface area contributed by atoms with E-state index in [-0.39, 0.29) is 5.91 Å². The zero-order chi connectivity index (χ0) is 15.4. The molecule has 0 aliphatic rings. The smallest absolute Gasteiger partial charge is 0.255 e. The van der Waals surface area contributed by atoms with Gasteiger partial charge in [0.05, 0.1) is 0 Å². The third kappa shape index (κ3) is 3.15. The van der Waals surface area contributed by atoms with Crippen molar-refractivity contribution in [3.05, 3.63) is 77.9 Å². The summed E-state index contributed by atoms with van der Waals surface area (Å²) in [5, 5.41) is 5.12. The maximum Gasteiger partial charge on any atom is 0.255 e. The van der Waals surface area contributed by atoms with Gasteiger partial charge < -0.3 is 11.1 Å². The van der Waals surface area contributed by atoms with Gasteiger partial charge in [-0.1, -0.05) is 42.5 Å². The highest BCUT2D eigenvalue weighted by Gasteiger charge is 2.06. The summed E-state index contributed by atoms with van der Waals surface area (Å²) in [4.78, 5) is 12.3. The molecule has 3 aromatic carbocycles. The van der Waals surface area contributed by atoms with Gasteiger partial charge in [0.15, 0.2) is 0 Å². The van der Waals surface area contributed by atoms with Gasteiger partial charge in [-0.25, -0.2) is 0 Å². The fourth-order valence-electron chi connectivity index (χ4n) is 2.46. The number of amides is 1. The van der Waals surface area contributed by atoms with Crippen LogP contribution in [0.1, 0.15) is 15.9 Å². The molecule has 0 saturated heterocycles. The predicted molar refractivity (Wildman–Crippen MR) is 91.1 cm³/mol. The number of carbonyl (C=O) groups excluding carboxylic acids is 1. The Balaban J connectivity index is 1.77. The lowest BCUT2D eigenvalue weighted by molar-refractivity contribution is 0.102. The van der Waals surface area contributed by atoms with E-state index in [0.29, 0.717) is 12.1 Å². The van der Waals surface area contributed by atoms with Crippen molar-refractivity contribution >= 4 is 22.4 Å². The number of hydrogen-bond acceptors (Lipinski definition) is 2. The molecule has 0 aliphatic heterocycles. The molecule has 110 valence electrons. The number of rotatable bonds is 4. The average molecular weight is 290 g/mol. The van der Waals surface area contributed by atoms with Gasteiger partial charge in [-0.2, -0.15) is 0 Å². The molecular formula is C19H18N2O. The van der Waals surface area contributed by atoms with E-state index < -0.39 is 0 Å². The largest absolute Gasteiger partial charge is 0.330 e. The molecule has 3 aromatic rings. The highest BCUT2D eigenvalue weighted by atomic mass is 16.1. The van der Waals surface area contributed by atoms with E-state index in [2.05, 4.69) is 5.32 Å². The number of benzene rings is 3. The quantitative estimate of drug-likeness (QED) is 0.771. The van der Waals surface area contributed by atoms with E-state index in [0.717, 1.165) is 22.9 Å². The summed E-state index contributed by atoms with van der Waals surface area (Å²) in [6.07, 6.45) is 0.846. The molecule has 0 aliphatic carbocycles. The van der Waals surface area contributed by atoms with Crippen LogP contribution < -0.4 is 11.1 Å². The van der Waals surface area contributed by atoms with Crippen molar-refractivity contribution in [3.8, 4) is 0 Å². The van der Waals surface area contributed by atoms with Crippen LogP contribution >= 0.6 is 0 Å². The molecule has 3 N–H and O–H groups in total. The maximum absolute atomic E-state index is 12.3. The summed E-state index contributed by atoms with van der Waals surface area (Å²) in [7, 11) is 0. The van der Waals surface area contributed by atoms with Crippen LogP contribution in [-0.4, -0.2) is 12.5 Å². The second kappa shape index (κ2) is 6.41. The van der Waals surface area contributed by atoms with Crippen molar-refractivity contribution in [3.63, 3.8) is 0 Å². The van der Waals surface area contributed by atoms with Crippen molar-refractivity contribution in [2.45, 2.75) is 6.42 Å². The Morgan fingerprint density at radius 1 is 0.909 bits per heavy atom. The van der Waals surface area contributed by atoms with Gasteiger partial charge >= 0.3 is 0 Å². The lowest BCUT2D eigenvalue weighted by Gasteiger charge is -2.07. The van der Waals surface area contributed by atoms with Gasteiger partial charge in [0.2, 0.25) is 0 Å². The molecule has 0 unspecified atom stereocenters. The summed E-state index contributed by atoms with van der Waals surface area (Å²) in [5.74, 6) is -0.0997. The molecule has 0 radical (unpaired) electrons. The Bertz CT molecular complexity index is 794. The van der Waals surface area contributed by atoms with E-state index >= 15 is 0 Å². The molecule has 1 amide bonds. The molecule has 0 atom stereocenters. The highest BCUT2D eigenvalue weighted by molar-refractivity contribution is 6.06. The number of fused-ring (bicyclic) bond motifs is 1. The number of anilines is 1. The van der Waals surface area contributed by atoms with E-state index in [4.69, 9.17) is 5.73 Å². The first-order valence-corrected chi connectivity index (χ1v) is 7.35. The SMILES string of the molecule is NCCc1ccc(NC(=O)c2ccc3ccccc3c2)cc1. The second-order valence-corrected chi connectivity index (χ2v) is 5.25. The molecule has 22 heavy (non-hydrogen) atoms. The Hall–Kier alpha value is -2.65. The first kappa shape index (κ1) is 14.3. The van der Waals surface area contributed by atoms with Gasteiger partial charge in [0.25, 0.3) is 5.91 Å². The summed E-state index contributed by atoms with van der Waals surface area (Å²) >= 11 is 0. The summed E-state index contributed by atoms with van der Waals surface area (Å²) in [6, 6.07) is 21.5. The fraction of sp³-hybridized carbons (Fsp3) is 0.105. The molecule has 0 heterocycles. The van der Waals surface area contributed by atoms with E-state index in [9.17, 15) is 4.79 Å².